The zero-order valence-corrected chi connectivity index (χ0v) is 17.2. The van der Waals surface area contributed by atoms with Gasteiger partial charge in [-0.3, -0.25) is 9.10 Å². The molecule has 25 heavy (non-hydrogen) atoms. The van der Waals surface area contributed by atoms with E-state index in [4.69, 9.17) is 11.6 Å². The van der Waals surface area contributed by atoms with Crippen LogP contribution in [0.15, 0.2) is 40.9 Å². The largest absolute Gasteiger partial charge is 0.324 e. The first-order valence-electron chi connectivity index (χ1n) is 7.38. The summed E-state index contributed by atoms with van der Waals surface area (Å²) in [5.74, 6) is -0.454. The van der Waals surface area contributed by atoms with Gasteiger partial charge >= 0.3 is 0 Å². The molecule has 0 heterocycles. The van der Waals surface area contributed by atoms with Crippen LogP contribution in [0.3, 0.4) is 0 Å². The highest BCUT2D eigenvalue weighted by Gasteiger charge is 2.22. The molecule has 0 aliphatic carbocycles. The first-order chi connectivity index (χ1) is 11.6. The summed E-state index contributed by atoms with van der Waals surface area (Å²) in [6.45, 7) is 3.35. The lowest BCUT2D eigenvalue weighted by Crippen LogP contribution is -2.37. The minimum absolute atomic E-state index is 0.323. The molecule has 0 aliphatic heterocycles. The van der Waals surface area contributed by atoms with Gasteiger partial charge in [0, 0.05) is 10.2 Å². The lowest BCUT2D eigenvalue weighted by atomic mass is 10.1. The van der Waals surface area contributed by atoms with Gasteiger partial charge < -0.3 is 5.32 Å². The summed E-state index contributed by atoms with van der Waals surface area (Å²) in [7, 11) is -3.62. The van der Waals surface area contributed by atoms with E-state index in [-0.39, 0.29) is 6.54 Å². The molecule has 0 atom stereocenters. The number of hydrogen-bond acceptors (Lipinski definition) is 3. The molecular formula is C17H18BrClN2O3S. The van der Waals surface area contributed by atoms with Crippen LogP contribution >= 0.6 is 27.5 Å². The molecule has 0 aliphatic rings. The Morgan fingerprint density at radius 3 is 2.48 bits per heavy atom. The Morgan fingerprint density at radius 1 is 1.20 bits per heavy atom. The lowest BCUT2D eigenvalue weighted by molar-refractivity contribution is -0.114. The number of aryl methyl sites for hydroxylation is 2. The maximum absolute atomic E-state index is 12.4. The number of nitrogens with one attached hydrogen (secondary N) is 1. The van der Waals surface area contributed by atoms with Crippen molar-refractivity contribution in [3.63, 3.8) is 0 Å². The van der Waals surface area contributed by atoms with Crippen LogP contribution in [0.2, 0.25) is 5.02 Å². The highest BCUT2D eigenvalue weighted by molar-refractivity contribution is 9.10. The Morgan fingerprint density at radius 2 is 1.88 bits per heavy atom. The molecule has 134 valence electrons. The number of rotatable bonds is 5. The summed E-state index contributed by atoms with van der Waals surface area (Å²) in [5.41, 5.74) is 2.67. The molecule has 5 nitrogen and oxygen atoms in total. The molecular weight excluding hydrogens is 428 g/mol. The second-order valence-corrected chi connectivity index (χ2v) is 8.90. The van der Waals surface area contributed by atoms with Gasteiger partial charge in [-0.05, 0) is 65.2 Å². The molecule has 0 aromatic heterocycles. The van der Waals surface area contributed by atoms with Crippen LogP contribution in [-0.4, -0.2) is 27.1 Å². The average Bonchev–Trinajstić information content (AvgIpc) is 2.50. The number of halogens is 2. The number of carbonyl (C=O) groups is 1. The first kappa shape index (κ1) is 19.8. The van der Waals surface area contributed by atoms with Crippen LogP contribution in [0.4, 0.5) is 11.4 Å². The third-order valence-corrected chi connectivity index (χ3v) is 5.88. The molecule has 0 saturated carbocycles. The summed E-state index contributed by atoms with van der Waals surface area (Å²) >= 11 is 9.28. The number of anilines is 2. The van der Waals surface area contributed by atoms with Crippen molar-refractivity contribution in [2.24, 2.45) is 0 Å². The maximum atomic E-state index is 12.4. The predicted molar refractivity (Wildman–Crippen MR) is 106 cm³/mol. The average molecular weight is 446 g/mol. The number of nitrogens with zero attached hydrogens (tertiary/aromatic N) is 1. The maximum Gasteiger partial charge on any atom is 0.245 e. The minimum Gasteiger partial charge on any atom is -0.324 e. The third-order valence-electron chi connectivity index (χ3n) is 3.52. The Kier molecular flexibility index (Phi) is 6.13. The number of sulfonamides is 1. The summed E-state index contributed by atoms with van der Waals surface area (Å²) < 4.78 is 26.2. The Bertz CT molecular complexity index is 916. The topological polar surface area (TPSA) is 66.5 Å². The van der Waals surface area contributed by atoms with Crippen molar-refractivity contribution in [3.05, 3.63) is 57.0 Å². The number of benzene rings is 2. The van der Waals surface area contributed by atoms with E-state index in [0.29, 0.717) is 20.9 Å². The van der Waals surface area contributed by atoms with E-state index >= 15 is 0 Å². The van der Waals surface area contributed by atoms with Crippen molar-refractivity contribution >= 4 is 54.8 Å². The molecule has 1 amide bonds. The van der Waals surface area contributed by atoms with Crippen molar-refractivity contribution in [1.82, 2.24) is 0 Å². The molecule has 0 fully saturated rings. The van der Waals surface area contributed by atoms with E-state index in [1.165, 1.54) is 0 Å². The number of carbonyl (C=O) groups excluding carboxylic acids is 1. The fraction of sp³-hybridized carbons (Fsp3) is 0.235. The zero-order valence-electron chi connectivity index (χ0n) is 14.0. The second kappa shape index (κ2) is 7.76. The lowest BCUT2D eigenvalue weighted by Gasteiger charge is -2.24. The van der Waals surface area contributed by atoms with Crippen molar-refractivity contribution in [2.45, 2.75) is 13.8 Å². The smallest absolute Gasteiger partial charge is 0.245 e. The van der Waals surface area contributed by atoms with E-state index in [1.54, 1.807) is 31.2 Å². The van der Waals surface area contributed by atoms with E-state index in [0.717, 1.165) is 21.7 Å². The van der Waals surface area contributed by atoms with Gasteiger partial charge in [-0.2, -0.15) is 0 Å². The number of amides is 1. The van der Waals surface area contributed by atoms with Gasteiger partial charge in [0.05, 0.1) is 17.0 Å². The molecule has 0 bridgehead atoms. The van der Waals surface area contributed by atoms with Crippen LogP contribution < -0.4 is 9.62 Å². The molecule has 0 radical (unpaired) electrons. The predicted octanol–water partition coefficient (Wildman–Crippen LogP) is 4.12. The first-order valence-corrected chi connectivity index (χ1v) is 10.4. The second-order valence-electron chi connectivity index (χ2n) is 5.74. The minimum atomic E-state index is -3.62. The highest BCUT2D eigenvalue weighted by atomic mass is 79.9. The van der Waals surface area contributed by atoms with Crippen LogP contribution in [0.25, 0.3) is 0 Å². The van der Waals surface area contributed by atoms with Gasteiger partial charge in [-0.1, -0.05) is 23.7 Å². The molecule has 0 unspecified atom stereocenters. The van der Waals surface area contributed by atoms with Gasteiger partial charge in [-0.15, -0.1) is 0 Å². The zero-order chi connectivity index (χ0) is 18.8. The van der Waals surface area contributed by atoms with E-state index in [1.807, 2.05) is 19.1 Å². The van der Waals surface area contributed by atoms with Crippen LogP contribution in [0.1, 0.15) is 11.1 Å². The van der Waals surface area contributed by atoms with Crippen molar-refractivity contribution in [3.8, 4) is 0 Å². The summed E-state index contributed by atoms with van der Waals surface area (Å²) in [6, 6.07) is 10.4. The quantitative estimate of drug-likeness (QED) is 0.752. The Hall–Kier alpha value is -1.57. The van der Waals surface area contributed by atoms with Crippen LogP contribution in [0.5, 0.6) is 0 Å². The van der Waals surface area contributed by atoms with Crippen LogP contribution in [0, 0.1) is 13.8 Å². The fourth-order valence-corrected chi connectivity index (χ4v) is 3.61. The molecule has 2 aromatic rings. The molecule has 2 aromatic carbocycles. The van der Waals surface area contributed by atoms with E-state index in [2.05, 4.69) is 21.2 Å². The van der Waals surface area contributed by atoms with Gasteiger partial charge in [0.2, 0.25) is 15.9 Å². The summed E-state index contributed by atoms with van der Waals surface area (Å²) in [5, 5.41) is 3.12. The standard InChI is InChI=1S/C17H18BrClN2O3S/c1-11-4-5-12(2)16(8-11)21(25(3,23)24)10-17(22)20-13-6-7-14(18)15(19)9-13/h4-9H,10H2,1-3H3,(H,20,22). The summed E-state index contributed by atoms with van der Waals surface area (Å²) in [6.07, 6.45) is 1.08. The third kappa shape index (κ3) is 5.20. The summed E-state index contributed by atoms with van der Waals surface area (Å²) in [4.78, 5) is 12.4. The van der Waals surface area contributed by atoms with Gasteiger partial charge in [0.1, 0.15) is 6.54 Å². The number of hydrogen-bond donors (Lipinski definition) is 1. The molecule has 1 N–H and O–H groups in total. The Balaban J connectivity index is 2.27. The molecule has 0 saturated heterocycles. The van der Waals surface area contributed by atoms with Crippen molar-refractivity contribution in [1.29, 1.82) is 0 Å². The SMILES string of the molecule is Cc1ccc(C)c(N(CC(=O)Nc2ccc(Br)c(Cl)c2)S(C)(=O)=O)c1. The molecule has 8 heteroatoms. The van der Waals surface area contributed by atoms with Gasteiger partial charge in [0.25, 0.3) is 0 Å². The molecule has 0 spiro atoms. The van der Waals surface area contributed by atoms with Crippen molar-refractivity contribution in [2.75, 3.05) is 22.4 Å². The van der Waals surface area contributed by atoms with Crippen molar-refractivity contribution < 1.29 is 13.2 Å². The normalized spacial score (nSPS) is 11.2. The monoisotopic (exact) mass is 444 g/mol. The fourth-order valence-electron chi connectivity index (χ4n) is 2.27. The molecule has 2 rings (SSSR count). The van der Waals surface area contributed by atoms with E-state index < -0.39 is 15.9 Å². The van der Waals surface area contributed by atoms with Crippen LogP contribution in [-0.2, 0) is 14.8 Å². The van der Waals surface area contributed by atoms with Gasteiger partial charge in [-0.25, -0.2) is 8.42 Å². The van der Waals surface area contributed by atoms with E-state index in [9.17, 15) is 13.2 Å². The highest BCUT2D eigenvalue weighted by Crippen LogP contribution is 2.26. The van der Waals surface area contributed by atoms with Gasteiger partial charge in [0.15, 0.2) is 0 Å². The Labute approximate surface area is 161 Å².